The molecule has 0 radical (unpaired) electrons. The van der Waals surface area contributed by atoms with Crippen LogP contribution < -0.4 is 9.34 Å². The van der Waals surface area contributed by atoms with Crippen LogP contribution in [0, 0.1) is 5.92 Å². The van der Waals surface area contributed by atoms with Gasteiger partial charge in [0, 0.05) is 29.8 Å². The quantitative estimate of drug-likeness (QED) is 0.523. The lowest BCUT2D eigenvalue weighted by molar-refractivity contribution is -0.145. The van der Waals surface area contributed by atoms with Crippen LogP contribution in [-0.4, -0.2) is 25.7 Å². The Bertz CT molecular complexity index is 803. The number of benzene rings is 2. The van der Waals surface area contributed by atoms with E-state index in [-0.39, 0.29) is 6.61 Å². The Morgan fingerprint density at radius 3 is 1.89 bits per heavy atom. The lowest BCUT2D eigenvalue weighted by Gasteiger charge is -2.35. The summed E-state index contributed by atoms with van der Waals surface area (Å²) in [6.45, 7) is 9.05. The van der Waals surface area contributed by atoms with Crippen molar-refractivity contribution in [3.05, 3.63) is 72.6 Å². The van der Waals surface area contributed by atoms with Gasteiger partial charge in [0.05, 0.1) is 12.5 Å². The first-order valence-corrected chi connectivity index (χ1v) is 10.7. The van der Waals surface area contributed by atoms with Gasteiger partial charge in [-0.05, 0) is 38.1 Å². The molecule has 0 aromatic heterocycles. The monoisotopic (exact) mass is 384 g/mol. The van der Waals surface area contributed by atoms with Crippen molar-refractivity contribution in [1.29, 1.82) is 0 Å². The Kier molecular flexibility index (Phi) is 5.71. The van der Waals surface area contributed by atoms with Gasteiger partial charge in [-0.3, -0.25) is 9.36 Å². The summed E-state index contributed by atoms with van der Waals surface area (Å²) < 4.78 is 23.4. The third kappa shape index (κ3) is 3.52. The molecule has 0 saturated carbocycles. The van der Waals surface area contributed by atoms with Crippen molar-refractivity contribution in [2.45, 2.75) is 13.8 Å². The molecular weight excluding hydrogens is 359 g/mol. The number of carbonyl (C=O) groups is 1. The van der Waals surface area contributed by atoms with E-state index in [1.165, 1.54) is 0 Å². The van der Waals surface area contributed by atoms with Crippen molar-refractivity contribution in [1.82, 2.24) is 0 Å². The number of hydrogen-bond donors (Lipinski definition) is 0. The summed E-state index contributed by atoms with van der Waals surface area (Å²) in [5.41, 5.74) is 1.72. The summed E-state index contributed by atoms with van der Waals surface area (Å²) in [4.78, 5) is 12.3. The molecule has 1 aliphatic rings. The van der Waals surface area contributed by atoms with Crippen LogP contribution in [-0.2, 0) is 14.1 Å². The van der Waals surface area contributed by atoms with E-state index in [1.54, 1.807) is 13.8 Å². The zero-order valence-corrected chi connectivity index (χ0v) is 16.6. The van der Waals surface area contributed by atoms with Crippen LogP contribution in [0.15, 0.2) is 72.6 Å². The third-order valence-electron chi connectivity index (χ3n) is 4.80. The molecule has 1 fully saturated rings. The van der Waals surface area contributed by atoms with Gasteiger partial charge in [-0.25, -0.2) is 0 Å². The molecule has 3 rings (SSSR count). The predicted molar refractivity (Wildman–Crippen MR) is 110 cm³/mol. The van der Waals surface area contributed by atoms with E-state index in [0.29, 0.717) is 18.4 Å². The minimum absolute atomic E-state index is 0.283. The number of rotatable bonds is 6. The molecule has 6 heteroatoms. The molecule has 1 unspecified atom stereocenters. The Morgan fingerprint density at radius 1 is 1.04 bits per heavy atom. The molecule has 0 bridgehead atoms. The van der Waals surface area contributed by atoms with Gasteiger partial charge >= 0.3 is 5.97 Å². The minimum Gasteiger partial charge on any atom is -0.466 e. The molecule has 0 aliphatic carbocycles. The van der Waals surface area contributed by atoms with E-state index in [2.05, 4.69) is 6.58 Å². The number of anilines is 2. The summed E-state index contributed by atoms with van der Waals surface area (Å²) in [7, 11) is -3.29. The molecular formula is C21H25N2O3P. The van der Waals surface area contributed by atoms with E-state index >= 15 is 0 Å². The van der Waals surface area contributed by atoms with Crippen molar-refractivity contribution in [2.24, 2.45) is 5.92 Å². The van der Waals surface area contributed by atoms with Crippen LogP contribution in [0.1, 0.15) is 13.8 Å². The van der Waals surface area contributed by atoms with Gasteiger partial charge in [-0.15, -0.1) is 0 Å². The molecule has 5 nitrogen and oxygen atoms in total. The van der Waals surface area contributed by atoms with E-state index in [4.69, 9.17) is 4.74 Å². The third-order valence-corrected chi connectivity index (χ3v) is 8.11. The number of carbonyl (C=O) groups excluding carboxylic acids is 1. The molecule has 0 amide bonds. The van der Waals surface area contributed by atoms with Crippen molar-refractivity contribution in [3.63, 3.8) is 0 Å². The molecule has 27 heavy (non-hydrogen) atoms. The maximum Gasteiger partial charge on any atom is 0.313 e. The number of esters is 1. The zero-order valence-electron chi connectivity index (χ0n) is 15.7. The highest BCUT2D eigenvalue weighted by Crippen LogP contribution is 2.66. The van der Waals surface area contributed by atoms with E-state index in [9.17, 15) is 9.36 Å². The number of nitrogens with zero attached hydrogens (tertiary/aromatic N) is 2. The molecule has 0 N–H and O–H groups in total. The smallest absolute Gasteiger partial charge is 0.313 e. The summed E-state index contributed by atoms with van der Waals surface area (Å²) in [6.07, 6.45) is 0. The van der Waals surface area contributed by atoms with E-state index in [1.807, 2.05) is 70.0 Å². The number of hydrogen-bond acceptors (Lipinski definition) is 3. The van der Waals surface area contributed by atoms with Crippen LogP contribution in [0.5, 0.6) is 0 Å². The fourth-order valence-electron chi connectivity index (χ4n) is 3.33. The highest BCUT2D eigenvalue weighted by atomic mass is 31.2. The molecule has 2 aromatic rings. The van der Waals surface area contributed by atoms with Crippen LogP contribution in [0.3, 0.4) is 0 Å². The number of para-hydroxylation sites is 2. The SMILES string of the molecule is C=C(C(C)C(=O)OCC)P1(=O)N(c2ccccc2)CCN1c1ccccc1. The zero-order chi connectivity index (χ0) is 19.4. The lowest BCUT2D eigenvalue weighted by atomic mass is 10.2. The Balaban J connectivity index is 2.05. The predicted octanol–water partition coefficient (Wildman–Crippen LogP) is 4.92. The van der Waals surface area contributed by atoms with E-state index < -0.39 is 19.3 Å². The Hall–Kier alpha value is -2.52. The maximum atomic E-state index is 14.5. The minimum atomic E-state index is -3.29. The second kappa shape index (κ2) is 8.01. The first-order chi connectivity index (χ1) is 13.0. The summed E-state index contributed by atoms with van der Waals surface area (Å²) in [5, 5.41) is 0.395. The normalized spacial score (nSPS) is 16.8. The fourth-order valence-corrected chi connectivity index (χ4v) is 6.43. The second-order valence-corrected chi connectivity index (χ2v) is 9.05. The molecule has 1 atom stereocenters. The van der Waals surface area contributed by atoms with Crippen LogP contribution in [0.2, 0.25) is 0 Å². The largest absolute Gasteiger partial charge is 0.466 e. The van der Waals surface area contributed by atoms with Crippen molar-refractivity contribution in [2.75, 3.05) is 29.0 Å². The highest BCUT2D eigenvalue weighted by Gasteiger charge is 2.48. The highest BCUT2D eigenvalue weighted by molar-refractivity contribution is 7.71. The fraction of sp³-hybridized carbons (Fsp3) is 0.286. The summed E-state index contributed by atoms with van der Waals surface area (Å²) >= 11 is 0. The first-order valence-electron chi connectivity index (χ1n) is 9.12. The first kappa shape index (κ1) is 19.2. The standard InChI is InChI=1S/C21H25N2O3P/c1-4-26-21(24)17(2)18(3)27(25)22(19-11-7-5-8-12-19)15-16-23(27)20-13-9-6-10-14-20/h5-14,17H,3-4,15-16H2,1-2H3. The van der Waals surface area contributed by atoms with Crippen molar-refractivity contribution < 1.29 is 14.1 Å². The van der Waals surface area contributed by atoms with Crippen molar-refractivity contribution in [3.8, 4) is 0 Å². The van der Waals surface area contributed by atoms with Crippen LogP contribution in [0.25, 0.3) is 0 Å². The molecule has 0 spiro atoms. The van der Waals surface area contributed by atoms with Crippen LogP contribution >= 0.6 is 7.44 Å². The summed E-state index contributed by atoms with van der Waals surface area (Å²) in [5.74, 6) is -1.06. The van der Waals surface area contributed by atoms with Crippen LogP contribution in [0.4, 0.5) is 11.4 Å². The Morgan fingerprint density at radius 2 is 1.48 bits per heavy atom. The van der Waals surface area contributed by atoms with Gasteiger partial charge in [-0.2, -0.15) is 0 Å². The lowest BCUT2D eigenvalue weighted by Crippen LogP contribution is -2.25. The van der Waals surface area contributed by atoms with Crippen molar-refractivity contribution >= 4 is 24.8 Å². The van der Waals surface area contributed by atoms with Gasteiger partial charge in [0.15, 0.2) is 0 Å². The number of ether oxygens (including phenoxy) is 1. The molecule has 1 saturated heterocycles. The van der Waals surface area contributed by atoms with Gasteiger partial charge in [-0.1, -0.05) is 43.0 Å². The van der Waals surface area contributed by atoms with Gasteiger partial charge in [0.1, 0.15) is 0 Å². The topological polar surface area (TPSA) is 49.9 Å². The summed E-state index contributed by atoms with van der Waals surface area (Å²) in [6, 6.07) is 19.3. The maximum absolute atomic E-state index is 14.5. The van der Waals surface area contributed by atoms with Gasteiger partial charge in [0.25, 0.3) is 7.44 Å². The molecule has 1 aliphatic heterocycles. The average Bonchev–Trinajstić information content (AvgIpc) is 3.06. The average molecular weight is 384 g/mol. The van der Waals surface area contributed by atoms with E-state index in [0.717, 1.165) is 11.4 Å². The second-order valence-electron chi connectivity index (χ2n) is 6.43. The van der Waals surface area contributed by atoms with Gasteiger partial charge < -0.3 is 14.1 Å². The Labute approximate surface area is 160 Å². The molecule has 2 aromatic carbocycles. The molecule has 1 heterocycles. The van der Waals surface area contributed by atoms with Gasteiger partial charge in [0.2, 0.25) is 0 Å². The molecule has 142 valence electrons.